The van der Waals surface area contributed by atoms with Gasteiger partial charge in [-0.15, -0.1) is 0 Å². The smallest absolute Gasteiger partial charge is 0.325 e. The van der Waals surface area contributed by atoms with Crippen molar-refractivity contribution in [3.05, 3.63) is 29.6 Å². The van der Waals surface area contributed by atoms with Crippen LogP contribution in [0, 0.1) is 12.8 Å². The van der Waals surface area contributed by atoms with Gasteiger partial charge in [0.05, 0.1) is 13.2 Å². The van der Waals surface area contributed by atoms with Crippen LogP contribution < -0.4 is 4.90 Å². The second-order valence-electron chi connectivity index (χ2n) is 7.44. The molecular weight excluding hydrogens is 344 g/mol. The van der Waals surface area contributed by atoms with Gasteiger partial charge >= 0.3 is 5.97 Å². The van der Waals surface area contributed by atoms with Crippen LogP contribution in [0.2, 0.25) is 0 Å². The van der Waals surface area contributed by atoms with Crippen LogP contribution >= 0.6 is 0 Å². The van der Waals surface area contributed by atoms with Crippen molar-refractivity contribution in [3.8, 4) is 11.4 Å². The first-order valence-electron chi connectivity index (χ1n) is 9.53. The second-order valence-corrected chi connectivity index (χ2v) is 7.44. The van der Waals surface area contributed by atoms with Gasteiger partial charge in [0.15, 0.2) is 11.6 Å². The Hall–Kier alpha value is -2.41. The van der Waals surface area contributed by atoms with E-state index in [1.165, 1.54) is 10.4 Å². The molecule has 0 atom stereocenters. The lowest BCUT2D eigenvalue weighted by atomic mass is 10.1. The molecule has 1 aliphatic rings. The number of anilines is 1. The van der Waals surface area contributed by atoms with E-state index in [1.807, 2.05) is 6.07 Å². The molecule has 7 nitrogen and oxygen atoms in total. The number of ether oxygens (including phenoxy) is 1. The molecule has 1 saturated heterocycles. The zero-order valence-electron chi connectivity index (χ0n) is 16.3. The first kappa shape index (κ1) is 19.4. The van der Waals surface area contributed by atoms with Crippen LogP contribution in [0.25, 0.3) is 11.4 Å². The normalized spacial score (nSPS) is 14.7. The Morgan fingerprint density at radius 3 is 2.67 bits per heavy atom. The van der Waals surface area contributed by atoms with Crippen molar-refractivity contribution in [2.45, 2.75) is 40.2 Å². The molecule has 0 unspecified atom stereocenters. The quantitative estimate of drug-likeness (QED) is 0.805. The number of benzene rings is 1. The van der Waals surface area contributed by atoms with Crippen molar-refractivity contribution in [1.82, 2.24) is 14.8 Å². The van der Waals surface area contributed by atoms with E-state index < -0.39 is 5.97 Å². The number of aliphatic carboxylic acids is 1. The molecule has 2 aromatic rings. The highest BCUT2D eigenvalue weighted by Gasteiger charge is 2.18. The number of rotatable bonds is 7. The Kier molecular flexibility index (Phi) is 6.11. The number of aryl methyl sites for hydroxylation is 2. The molecule has 27 heavy (non-hydrogen) atoms. The molecule has 1 aromatic heterocycles. The minimum absolute atomic E-state index is 0.186. The number of nitrogens with zero attached hydrogens (tertiary/aromatic N) is 4. The topological polar surface area (TPSA) is 80.5 Å². The highest BCUT2D eigenvalue weighted by molar-refractivity contribution is 5.69. The molecule has 2 heterocycles. The maximum Gasteiger partial charge on any atom is 0.325 e. The van der Waals surface area contributed by atoms with E-state index in [1.54, 1.807) is 0 Å². The molecule has 0 amide bonds. The molecule has 1 aromatic carbocycles. The fourth-order valence-corrected chi connectivity index (χ4v) is 3.32. The third-order valence-electron chi connectivity index (χ3n) is 4.75. The van der Waals surface area contributed by atoms with Crippen molar-refractivity contribution in [2.24, 2.45) is 5.92 Å². The van der Waals surface area contributed by atoms with Crippen molar-refractivity contribution >= 4 is 11.7 Å². The first-order chi connectivity index (χ1) is 12.9. The Balaban J connectivity index is 1.89. The summed E-state index contributed by atoms with van der Waals surface area (Å²) in [5, 5.41) is 13.7. The molecule has 0 spiro atoms. The maximum atomic E-state index is 11.2. The molecule has 146 valence electrons. The third kappa shape index (κ3) is 4.86. The van der Waals surface area contributed by atoms with E-state index in [9.17, 15) is 9.90 Å². The van der Waals surface area contributed by atoms with E-state index in [-0.39, 0.29) is 6.54 Å². The molecule has 0 bridgehead atoms. The minimum Gasteiger partial charge on any atom is -0.480 e. The van der Waals surface area contributed by atoms with E-state index in [0.717, 1.165) is 50.3 Å². The molecular formula is C20H28N4O3. The number of carboxylic acid groups (broad SMARTS) is 1. The third-order valence-corrected chi connectivity index (χ3v) is 4.75. The van der Waals surface area contributed by atoms with Gasteiger partial charge in [-0.25, -0.2) is 9.67 Å². The number of aromatic nitrogens is 3. The summed E-state index contributed by atoms with van der Waals surface area (Å²) in [6.45, 7) is 9.45. The zero-order chi connectivity index (χ0) is 19.4. The lowest BCUT2D eigenvalue weighted by molar-refractivity contribution is -0.137. The van der Waals surface area contributed by atoms with E-state index in [2.05, 4.69) is 47.9 Å². The van der Waals surface area contributed by atoms with E-state index in [0.29, 0.717) is 17.6 Å². The number of hydrogen-bond acceptors (Lipinski definition) is 5. The first-order valence-corrected chi connectivity index (χ1v) is 9.53. The second kappa shape index (κ2) is 8.52. The van der Waals surface area contributed by atoms with Gasteiger partial charge in [0.2, 0.25) is 0 Å². The van der Waals surface area contributed by atoms with Crippen LogP contribution in [0.3, 0.4) is 0 Å². The predicted octanol–water partition coefficient (Wildman–Crippen LogP) is 2.76. The molecule has 1 aliphatic heterocycles. The van der Waals surface area contributed by atoms with Crippen LogP contribution in [0.4, 0.5) is 5.69 Å². The average Bonchev–Trinajstić information content (AvgIpc) is 3.02. The number of carbonyl (C=O) groups is 1. The SMILES string of the molecule is Cc1cc(-c2nc(CCC(C)C)nn2CC(=O)O)ccc1N1CCOCC1. The van der Waals surface area contributed by atoms with E-state index >= 15 is 0 Å². The molecule has 7 heteroatoms. The lowest BCUT2D eigenvalue weighted by Gasteiger charge is -2.30. The van der Waals surface area contributed by atoms with Gasteiger partial charge in [0, 0.05) is 30.8 Å². The minimum atomic E-state index is -0.918. The molecule has 0 radical (unpaired) electrons. The molecule has 0 saturated carbocycles. The van der Waals surface area contributed by atoms with Crippen LogP contribution in [-0.2, 0) is 22.5 Å². The highest BCUT2D eigenvalue weighted by Crippen LogP contribution is 2.27. The summed E-state index contributed by atoms with van der Waals surface area (Å²) >= 11 is 0. The van der Waals surface area contributed by atoms with Gasteiger partial charge in [0.1, 0.15) is 6.54 Å². The van der Waals surface area contributed by atoms with E-state index in [4.69, 9.17) is 4.74 Å². The Morgan fingerprint density at radius 1 is 1.30 bits per heavy atom. The van der Waals surface area contributed by atoms with Crippen molar-refractivity contribution in [1.29, 1.82) is 0 Å². The Morgan fingerprint density at radius 2 is 2.04 bits per heavy atom. The van der Waals surface area contributed by atoms with Gasteiger partial charge in [0.25, 0.3) is 0 Å². The molecule has 1 fully saturated rings. The van der Waals surface area contributed by atoms with Crippen LogP contribution in [0.5, 0.6) is 0 Å². The van der Waals surface area contributed by atoms with Gasteiger partial charge < -0.3 is 14.7 Å². The van der Waals surface area contributed by atoms with Gasteiger partial charge in [-0.3, -0.25) is 4.79 Å². The Labute approximate surface area is 160 Å². The van der Waals surface area contributed by atoms with Crippen molar-refractivity contribution in [2.75, 3.05) is 31.2 Å². The number of hydrogen-bond donors (Lipinski definition) is 1. The maximum absolute atomic E-state index is 11.2. The van der Waals surface area contributed by atoms with Gasteiger partial charge in [-0.2, -0.15) is 5.10 Å². The summed E-state index contributed by atoms with van der Waals surface area (Å²) in [6, 6.07) is 6.16. The van der Waals surface area contributed by atoms with Crippen LogP contribution in [-0.4, -0.2) is 52.1 Å². The standard InChI is InChI=1S/C20H28N4O3/c1-14(2)4-7-18-21-20(24(22-18)13-19(25)26)16-5-6-17(15(3)12-16)23-8-10-27-11-9-23/h5-6,12,14H,4,7-11,13H2,1-3H3,(H,25,26). The zero-order valence-corrected chi connectivity index (χ0v) is 16.3. The van der Waals surface area contributed by atoms with Crippen molar-refractivity contribution < 1.29 is 14.6 Å². The summed E-state index contributed by atoms with van der Waals surface area (Å²) in [5.41, 5.74) is 3.23. The summed E-state index contributed by atoms with van der Waals surface area (Å²) < 4.78 is 6.93. The fraction of sp³-hybridized carbons (Fsp3) is 0.550. The predicted molar refractivity (Wildman–Crippen MR) is 104 cm³/mol. The van der Waals surface area contributed by atoms with Gasteiger partial charge in [-0.1, -0.05) is 13.8 Å². The van der Waals surface area contributed by atoms with Crippen LogP contribution in [0.1, 0.15) is 31.7 Å². The molecule has 1 N–H and O–H groups in total. The Bertz CT molecular complexity index is 795. The fourth-order valence-electron chi connectivity index (χ4n) is 3.32. The van der Waals surface area contributed by atoms with Gasteiger partial charge in [-0.05, 0) is 43.0 Å². The summed E-state index contributed by atoms with van der Waals surface area (Å²) in [6.07, 6.45) is 1.73. The highest BCUT2D eigenvalue weighted by atomic mass is 16.5. The largest absolute Gasteiger partial charge is 0.480 e. The van der Waals surface area contributed by atoms with Crippen molar-refractivity contribution in [3.63, 3.8) is 0 Å². The summed E-state index contributed by atoms with van der Waals surface area (Å²) in [5.74, 6) is 0.954. The molecule has 3 rings (SSSR count). The average molecular weight is 372 g/mol. The number of carboxylic acids is 1. The monoisotopic (exact) mass is 372 g/mol. The van der Waals surface area contributed by atoms with Crippen LogP contribution in [0.15, 0.2) is 18.2 Å². The summed E-state index contributed by atoms with van der Waals surface area (Å²) in [7, 11) is 0. The number of morpholine rings is 1. The summed E-state index contributed by atoms with van der Waals surface area (Å²) in [4.78, 5) is 18.2. The molecule has 0 aliphatic carbocycles. The lowest BCUT2D eigenvalue weighted by Crippen LogP contribution is -2.36.